The highest BCUT2D eigenvalue weighted by Crippen LogP contribution is 2.48. The molecule has 5 heteroatoms. The van der Waals surface area contributed by atoms with E-state index in [9.17, 15) is 8.42 Å². The maximum atomic E-state index is 12.1. The molecule has 0 radical (unpaired) electrons. The van der Waals surface area contributed by atoms with Crippen molar-refractivity contribution >= 4 is 10.0 Å². The molecule has 3 rings (SSSR count). The Labute approximate surface area is 89.3 Å². The Hall–Kier alpha value is -0.650. The minimum absolute atomic E-state index is 0.00987. The van der Waals surface area contributed by atoms with Gasteiger partial charge in [0.05, 0.1) is 6.10 Å². The maximum absolute atomic E-state index is 12.1. The number of rotatable bonds is 2. The highest BCUT2D eigenvalue weighted by Gasteiger charge is 2.63. The van der Waals surface area contributed by atoms with Crippen LogP contribution in [-0.2, 0) is 14.8 Å². The predicted molar refractivity (Wildman–Crippen MR) is 55.8 cm³/mol. The molecular weight excluding hydrogens is 214 g/mol. The van der Waals surface area contributed by atoms with Crippen LogP contribution in [0.25, 0.3) is 0 Å². The molecule has 82 valence electrons. The van der Waals surface area contributed by atoms with E-state index in [2.05, 4.69) is 6.58 Å². The number of hydrogen-bond acceptors (Lipinski definition) is 3. The summed E-state index contributed by atoms with van der Waals surface area (Å²) < 4.78 is 31.4. The fourth-order valence-corrected chi connectivity index (χ4v) is 4.97. The Morgan fingerprint density at radius 2 is 2.47 bits per heavy atom. The number of fused-ring (bicyclic) bond motifs is 1. The largest absolute Gasteiger partial charge is 0.361 e. The molecule has 3 atom stereocenters. The van der Waals surface area contributed by atoms with E-state index in [1.165, 1.54) is 4.31 Å². The van der Waals surface area contributed by atoms with Crippen LogP contribution in [0.15, 0.2) is 24.8 Å². The molecule has 3 aliphatic rings. The van der Waals surface area contributed by atoms with Gasteiger partial charge in [-0.05, 0) is 6.42 Å². The van der Waals surface area contributed by atoms with Crippen molar-refractivity contribution < 1.29 is 13.2 Å². The molecule has 0 saturated carbocycles. The van der Waals surface area contributed by atoms with Gasteiger partial charge in [0.1, 0.15) is 10.9 Å². The van der Waals surface area contributed by atoms with Gasteiger partial charge in [-0.25, -0.2) is 8.42 Å². The zero-order valence-corrected chi connectivity index (χ0v) is 9.11. The minimum atomic E-state index is -3.18. The third-order valence-electron chi connectivity index (χ3n) is 3.43. The number of sulfonamides is 1. The Kier molecular flexibility index (Phi) is 1.74. The van der Waals surface area contributed by atoms with E-state index in [0.717, 1.165) is 0 Å². The fraction of sp³-hybridized carbons (Fsp3) is 0.600. The van der Waals surface area contributed by atoms with E-state index in [0.29, 0.717) is 19.5 Å². The summed E-state index contributed by atoms with van der Waals surface area (Å²) in [5.41, 5.74) is -0.563. The zero-order chi connectivity index (χ0) is 10.7. The smallest absolute Gasteiger partial charge is 0.220 e. The molecule has 0 aromatic heterocycles. The van der Waals surface area contributed by atoms with Crippen molar-refractivity contribution in [1.29, 1.82) is 0 Å². The van der Waals surface area contributed by atoms with Gasteiger partial charge < -0.3 is 4.74 Å². The zero-order valence-electron chi connectivity index (χ0n) is 8.30. The Bertz CT molecular complexity index is 442. The van der Waals surface area contributed by atoms with Crippen LogP contribution in [0.3, 0.4) is 0 Å². The second-order valence-corrected chi connectivity index (χ2v) is 6.44. The van der Waals surface area contributed by atoms with Crippen LogP contribution in [0, 0.1) is 0 Å². The highest BCUT2D eigenvalue weighted by molar-refractivity contribution is 7.90. The number of nitrogens with zero attached hydrogens (tertiary/aromatic N) is 1. The van der Waals surface area contributed by atoms with Gasteiger partial charge in [0.2, 0.25) is 10.0 Å². The Balaban J connectivity index is 2.03. The first-order valence-electron chi connectivity index (χ1n) is 5.05. The first-order valence-corrected chi connectivity index (χ1v) is 6.56. The van der Waals surface area contributed by atoms with Gasteiger partial charge in [0, 0.05) is 13.1 Å². The molecule has 3 heterocycles. The molecule has 1 spiro atoms. The summed E-state index contributed by atoms with van der Waals surface area (Å²) in [5.74, 6) is 0. The average molecular weight is 227 g/mol. The molecule has 0 aliphatic carbocycles. The predicted octanol–water partition coefficient (Wildman–Crippen LogP) is 0.284. The lowest BCUT2D eigenvalue weighted by atomic mass is 9.94. The van der Waals surface area contributed by atoms with Crippen LogP contribution in [0.1, 0.15) is 6.42 Å². The van der Waals surface area contributed by atoms with Crippen molar-refractivity contribution in [3.8, 4) is 0 Å². The third kappa shape index (κ3) is 1.06. The summed E-state index contributed by atoms with van der Waals surface area (Å²) in [4.78, 5) is 0. The van der Waals surface area contributed by atoms with Crippen LogP contribution < -0.4 is 0 Å². The lowest BCUT2D eigenvalue weighted by Gasteiger charge is -2.18. The van der Waals surface area contributed by atoms with Gasteiger partial charge in [-0.15, -0.1) is 6.58 Å². The summed E-state index contributed by atoms with van der Waals surface area (Å²) in [6, 6.07) is 0. The minimum Gasteiger partial charge on any atom is -0.361 e. The van der Waals surface area contributed by atoms with Crippen molar-refractivity contribution in [2.24, 2.45) is 0 Å². The molecule has 4 nitrogen and oxygen atoms in total. The summed E-state index contributed by atoms with van der Waals surface area (Å²) in [6.45, 7) is 4.40. The van der Waals surface area contributed by atoms with Gasteiger partial charge in [-0.1, -0.05) is 18.2 Å². The molecule has 3 aliphatic heterocycles. The van der Waals surface area contributed by atoms with Crippen LogP contribution >= 0.6 is 0 Å². The SMILES string of the molecule is C=CCN1C[C@]23C=C[C@H](C[C@H]2S1(=O)=O)O3. The summed E-state index contributed by atoms with van der Waals surface area (Å²) >= 11 is 0. The molecule has 0 amide bonds. The normalized spacial score (nSPS) is 45.9. The van der Waals surface area contributed by atoms with Crippen molar-refractivity contribution in [2.75, 3.05) is 13.1 Å². The van der Waals surface area contributed by atoms with Crippen LogP contribution in [0.2, 0.25) is 0 Å². The summed E-state index contributed by atoms with van der Waals surface area (Å²) in [7, 11) is -3.18. The van der Waals surface area contributed by atoms with Crippen molar-refractivity contribution in [1.82, 2.24) is 4.31 Å². The van der Waals surface area contributed by atoms with Crippen LogP contribution in [-0.4, -0.2) is 42.8 Å². The number of ether oxygens (including phenoxy) is 1. The van der Waals surface area contributed by atoms with E-state index in [4.69, 9.17) is 4.74 Å². The first-order chi connectivity index (χ1) is 7.08. The van der Waals surface area contributed by atoms with E-state index >= 15 is 0 Å². The molecule has 0 aromatic carbocycles. The topological polar surface area (TPSA) is 46.6 Å². The van der Waals surface area contributed by atoms with Crippen LogP contribution in [0.4, 0.5) is 0 Å². The molecule has 0 unspecified atom stereocenters. The van der Waals surface area contributed by atoms with E-state index in [1.807, 2.05) is 12.2 Å². The third-order valence-corrected chi connectivity index (χ3v) is 5.74. The van der Waals surface area contributed by atoms with Gasteiger partial charge in [-0.2, -0.15) is 4.31 Å². The molecule has 2 saturated heterocycles. The standard InChI is InChI=1S/C10H13NO3S/c1-2-5-11-7-10-4-3-8(14-10)6-9(10)15(11,12)13/h2-4,8-9H,1,5-7H2/t8-,9-,10-/m1/s1. The molecule has 15 heavy (non-hydrogen) atoms. The summed E-state index contributed by atoms with van der Waals surface area (Å²) in [6.07, 6.45) is 6.13. The average Bonchev–Trinajstić information content (AvgIpc) is 2.78. The highest BCUT2D eigenvalue weighted by atomic mass is 32.2. The van der Waals surface area contributed by atoms with Gasteiger partial charge in [-0.3, -0.25) is 0 Å². The quantitative estimate of drug-likeness (QED) is 0.637. The van der Waals surface area contributed by atoms with Gasteiger partial charge in [0.15, 0.2) is 0 Å². The molecule has 2 fully saturated rings. The summed E-state index contributed by atoms with van der Waals surface area (Å²) in [5, 5.41) is -0.375. The Morgan fingerprint density at radius 1 is 1.67 bits per heavy atom. The van der Waals surface area contributed by atoms with E-state index in [-0.39, 0.29) is 11.4 Å². The maximum Gasteiger partial charge on any atom is 0.220 e. The lowest BCUT2D eigenvalue weighted by molar-refractivity contribution is 0.0315. The van der Waals surface area contributed by atoms with E-state index in [1.54, 1.807) is 6.08 Å². The van der Waals surface area contributed by atoms with E-state index < -0.39 is 15.6 Å². The van der Waals surface area contributed by atoms with Crippen molar-refractivity contribution in [3.63, 3.8) is 0 Å². The second kappa shape index (κ2) is 2.72. The molecule has 0 aromatic rings. The lowest BCUT2D eigenvalue weighted by Crippen LogP contribution is -2.36. The first kappa shape index (κ1) is 9.57. The molecular formula is C10H13NO3S. The second-order valence-electron chi connectivity index (χ2n) is 4.32. The fourth-order valence-electron chi connectivity index (χ4n) is 2.77. The number of hydrogen-bond donors (Lipinski definition) is 0. The molecule has 2 bridgehead atoms. The van der Waals surface area contributed by atoms with Gasteiger partial charge in [0.25, 0.3) is 0 Å². The van der Waals surface area contributed by atoms with Gasteiger partial charge >= 0.3 is 0 Å². The molecule has 0 N–H and O–H groups in total. The Morgan fingerprint density at radius 3 is 3.07 bits per heavy atom. The van der Waals surface area contributed by atoms with Crippen molar-refractivity contribution in [2.45, 2.75) is 23.4 Å². The monoisotopic (exact) mass is 227 g/mol. The van der Waals surface area contributed by atoms with Crippen molar-refractivity contribution in [3.05, 3.63) is 24.8 Å². The van der Waals surface area contributed by atoms with Crippen LogP contribution in [0.5, 0.6) is 0 Å².